The number of aromatic nitrogens is 8. The predicted molar refractivity (Wildman–Crippen MR) is 171 cm³/mol. The van der Waals surface area contributed by atoms with E-state index in [9.17, 15) is 9.13 Å². The first-order valence-corrected chi connectivity index (χ1v) is 20.4. The fourth-order valence-electron chi connectivity index (χ4n) is 6.43. The molecule has 0 saturated carbocycles. The molecule has 262 valence electrons. The van der Waals surface area contributed by atoms with E-state index in [1.165, 1.54) is 34.4 Å². The van der Waals surface area contributed by atoms with Gasteiger partial charge >= 0.3 is 13.6 Å². The van der Waals surface area contributed by atoms with Crippen molar-refractivity contribution in [1.29, 1.82) is 0 Å². The van der Waals surface area contributed by atoms with E-state index in [-0.39, 0.29) is 23.4 Å². The molecule has 0 radical (unpaired) electrons. The molecule has 4 fully saturated rings. The summed E-state index contributed by atoms with van der Waals surface area (Å²) in [5.74, 6) is 0.813. The molecule has 10 rings (SSSR count). The van der Waals surface area contributed by atoms with Gasteiger partial charge in [-0.05, 0) is 0 Å². The lowest BCUT2D eigenvalue weighted by atomic mass is 10.1. The highest BCUT2D eigenvalue weighted by atomic mass is 32.7. The summed E-state index contributed by atoms with van der Waals surface area (Å²) in [5.41, 5.74) is 1.14. The van der Waals surface area contributed by atoms with Crippen LogP contribution in [-0.4, -0.2) is 114 Å². The molecule has 19 nitrogen and oxygen atoms in total. The molecule has 0 amide bonds. The Balaban J connectivity index is 1.12. The van der Waals surface area contributed by atoms with E-state index in [1.54, 1.807) is 0 Å². The lowest BCUT2D eigenvalue weighted by Gasteiger charge is -2.28. The molecule has 0 aliphatic carbocycles. The number of fused-ring (bicyclic) bond motifs is 8. The van der Waals surface area contributed by atoms with Crippen LogP contribution in [0.4, 0.5) is 20.4 Å². The molecule has 4 aromatic rings. The minimum Gasteiger partial charge on any atom is -0.366 e. The Kier molecular flexibility index (Phi) is 7.93. The molecule has 6 aliphatic heterocycles. The number of hydrogen-bond acceptors (Lipinski definition) is 17. The van der Waals surface area contributed by atoms with Gasteiger partial charge in [-0.1, -0.05) is 24.5 Å². The number of alkyl halides is 2. The summed E-state index contributed by atoms with van der Waals surface area (Å²) < 4.78 is 96.4. The Hall–Kier alpha value is -2.56. The van der Waals surface area contributed by atoms with Crippen LogP contribution in [0.5, 0.6) is 0 Å². The minimum absolute atomic E-state index is 0.0626. The molecule has 14 bridgehead atoms. The van der Waals surface area contributed by atoms with E-state index in [0.717, 1.165) is 0 Å². The highest BCUT2D eigenvalue weighted by molar-refractivity contribution is 8.44. The molecular formula is C24H27F2N11O8P2S2. The van der Waals surface area contributed by atoms with Crippen LogP contribution in [0.3, 0.4) is 0 Å². The lowest BCUT2D eigenvalue weighted by Crippen LogP contribution is -2.36. The van der Waals surface area contributed by atoms with Crippen LogP contribution in [0, 0.1) is 0 Å². The number of anilines is 2. The Morgan fingerprint density at radius 3 is 1.61 bits per heavy atom. The summed E-state index contributed by atoms with van der Waals surface area (Å²) in [6.07, 6.45) is -7.49. The summed E-state index contributed by atoms with van der Waals surface area (Å²) >= 11 is 8.12. The zero-order valence-corrected chi connectivity index (χ0v) is 28.4. The van der Waals surface area contributed by atoms with Crippen LogP contribution < -0.4 is 16.0 Å². The lowest BCUT2D eigenvalue weighted by molar-refractivity contribution is -0.0544. The van der Waals surface area contributed by atoms with Crippen LogP contribution in [0.25, 0.3) is 22.3 Å². The van der Waals surface area contributed by atoms with Crippen LogP contribution in [0.2, 0.25) is 0 Å². The molecule has 25 heteroatoms. The van der Waals surface area contributed by atoms with Crippen LogP contribution in [0.1, 0.15) is 12.5 Å². The molecule has 3 N–H and O–H groups in total. The number of imidazole rings is 2. The summed E-state index contributed by atoms with van der Waals surface area (Å²) in [5, 5.41) is 9.89. The topological polar surface area (TPSA) is 223 Å². The van der Waals surface area contributed by atoms with Gasteiger partial charge in [-0.2, -0.15) is 0 Å². The van der Waals surface area contributed by atoms with Crippen LogP contribution in [-0.2, 0) is 36.7 Å². The molecule has 12 atom stereocenters. The molecule has 49 heavy (non-hydrogen) atoms. The Labute approximate surface area is 284 Å². The summed E-state index contributed by atoms with van der Waals surface area (Å²) in [6, 6.07) is 0.125. The van der Waals surface area contributed by atoms with Gasteiger partial charge in [0.2, 0.25) is 0 Å². The Morgan fingerprint density at radius 2 is 1.16 bits per heavy atom. The highest BCUT2D eigenvalue weighted by Gasteiger charge is 2.54. The first-order valence-electron chi connectivity index (χ1n) is 15.0. The monoisotopic (exact) mass is 761 g/mol. The molecular weight excluding hydrogens is 734 g/mol. The fraction of sp³-hybridized carbons (Fsp3) is 0.583. The smallest absolute Gasteiger partial charge is 0.366 e. The quantitative estimate of drug-likeness (QED) is 0.0984. The molecule has 6 aliphatic rings. The van der Waals surface area contributed by atoms with Crippen LogP contribution in [0.15, 0.2) is 25.3 Å². The number of nitrogens with zero attached hydrogens (tertiary/aromatic N) is 8. The van der Waals surface area contributed by atoms with Crippen molar-refractivity contribution >= 4 is 72.1 Å². The van der Waals surface area contributed by atoms with Gasteiger partial charge in [0.15, 0.2) is 58.8 Å². The number of halogens is 2. The van der Waals surface area contributed by atoms with Crippen molar-refractivity contribution in [2.45, 2.75) is 61.3 Å². The molecule has 6 unspecified atom stereocenters. The third kappa shape index (κ3) is 5.81. The maximum absolute atomic E-state index is 16.3. The number of ether oxygens (including phenoxy) is 2. The second-order valence-electron chi connectivity index (χ2n) is 11.9. The van der Waals surface area contributed by atoms with E-state index < -0.39 is 76.0 Å². The second-order valence-corrected chi connectivity index (χ2v) is 17.7. The maximum atomic E-state index is 16.3. The molecule has 0 spiro atoms. The van der Waals surface area contributed by atoms with Crippen molar-refractivity contribution in [3.05, 3.63) is 25.3 Å². The van der Waals surface area contributed by atoms with Gasteiger partial charge in [-0.3, -0.25) is 27.2 Å². The third-order valence-electron chi connectivity index (χ3n) is 8.90. The second kappa shape index (κ2) is 12.0. The molecule has 0 aromatic carbocycles. The molecule has 4 aromatic heterocycles. The average molecular weight is 762 g/mol. The SMILES string of the molecule is O=[P@]1(S)OCC2OC3[C@H](F)[C@@H]2O[P@](=O)(S)OCC2OC([C@H](F)[C@@H]2O1)n1cnc2c(ncnc21)NCC1NC1CNc1ncnc2c1ncn23. The van der Waals surface area contributed by atoms with Crippen molar-refractivity contribution < 1.29 is 45.5 Å². The molecule has 10 heterocycles. The zero-order valence-electron chi connectivity index (χ0n) is 24.8. The van der Waals surface area contributed by atoms with Gasteiger partial charge in [0.05, 0.1) is 25.9 Å². The number of thiol groups is 2. The van der Waals surface area contributed by atoms with E-state index in [4.69, 9.17) is 27.6 Å². The summed E-state index contributed by atoms with van der Waals surface area (Å²) in [7, 11) is 0. The van der Waals surface area contributed by atoms with E-state index in [2.05, 4.69) is 70.4 Å². The van der Waals surface area contributed by atoms with Gasteiger partial charge in [0.1, 0.15) is 37.1 Å². The number of hydrogen-bond donors (Lipinski definition) is 5. The van der Waals surface area contributed by atoms with Crippen molar-refractivity contribution in [3.8, 4) is 0 Å². The molecule has 4 saturated heterocycles. The van der Waals surface area contributed by atoms with Gasteiger partial charge in [0, 0.05) is 25.2 Å². The average Bonchev–Trinajstić information content (AvgIpc) is 3.34. The van der Waals surface area contributed by atoms with E-state index in [1.807, 2.05) is 0 Å². The summed E-state index contributed by atoms with van der Waals surface area (Å²) in [6.45, 7) is -9.08. The van der Waals surface area contributed by atoms with Gasteiger partial charge in [-0.25, -0.2) is 47.8 Å². The van der Waals surface area contributed by atoms with Gasteiger partial charge in [0.25, 0.3) is 0 Å². The number of nitrogens with one attached hydrogen (secondary N) is 3. The third-order valence-corrected chi connectivity index (χ3v) is 12.1. The van der Waals surface area contributed by atoms with Gasteiger partial charge < -0.3 is 25.4 Å². The normalized spacial score (nSPS) is 40.8. The maximum Gasteiger partial charge on any atom is 0.386 e. The van der Waals surface area contributed by atoms with Crippen molar-refractivity contribution in [2.75, 3.05) is 36.9 Å². The van der Waals surface area contributed by atoms with Crippen molar-refractivity contribution in [2.24, 2.45) is 0 Å². The first kappa shape index (κ1) is 32.4. The largest absolute Gasteiger partial charge is 0.386 e. The van der Waals surface area contributed by atoms with E-state index >= 15 is 8.78 Å². The summed E-state index contributed by atoms with van der Waals surface area (Å²) in [4.78, 5) is 26.0. The van der Waals surface area contributed by atoms with Crippen molar-refractivity contribution in [1.82, 2.24) is 44.4 Å². The highest BCUT2D eigenvalue weighted by Crippen LogP contribution is 2.60. The fourth-order valence-corrected chi connectivity index (χ4v) is 9.39. The van der Waals surface area contributed by atoms with E-state index in [0.29, 0.717) is 35.8 Å². The predicted octanol–water partition coefficient (Wildman–Crippen LogP) is 2.21. The minimum atomic E-state index is -4.39. The Bertz CT molecular complexity index is 1890. The van der Waals surface area contributed by atoms with Gasteiger partial charge in [-0.15, -0.1) is 0 Å². The zero-order chi connectivity index (χ0) is 33.7. The first-order chi connectivity index (χ1) is 23.6. The number of rotatable bonds is 0. The van der Waals surface area contributed by atoms with Crippen LogP contribution >= 0.6 is 38.1 Å². The standard InChI is InChI=1S/C24H27F2N11O8P2S2/c25-13-17-11-3-40-47(39,49)45-18-12(4-41-46(38,48)44-17)43-24(14(18)26)37-8-34-16-20(30-6-32-22(16)37)28-2-10-9(35-10)1-27-19-15-21(31-5-29-19)36(7-33-15)23(13)42-11/h5-14,17-18,23-24,35H,1-4H2,(H,38,48)(H,39,49)(H,27,29,31)(H,28,30,32)/t9?,10?,11?,12?,13-,14-,17-,18-,23?,24?,46-,47+/m1/s1. The Morgan fingerprint density at radius 1 is 0.714 bits per heavy atom. The van der Waals surface area contributed by atoms with Crippen molar-refractivity contribution in [3.63, 3.8) is 0 Å².